The number of nitrogens with one attached hydrogen (secondary N) is 1. The molecule has 2 rings (SSSR count). The zero-order chi connectivity index (χ0) is 17.9. The molecule has 1 aliphatic rings. The van der Waals surface area contributed by atoms with Crippen LogP contribution in [0.4, 0.5) is 9.18 Å². The van der Waals surface area contributed by atoms with Crippen LogP contribution in [-0.2, 0) is 4.74 Å². The fourth-order valence-corrected chi connectivity index (χ4v) is 2.68. The third kappa shape index (κ3) is 4.43. The number of carbonyl (C=O) groups is 2. The molecule has 132 valence electrons. The minimum absolute atomic E-state index is 0.115. The number of likely N-dealkylation sites (tertiary alicyclic amines) is 1. The second-order valence-electron chi connectivity index (χ2n) is 6.92. The normalized spacial score (nSPS) is 16.0. The lowest BCUT2D eigenvalue weighted by molar-refractivity contribution is 0.0204. The van der Waals surface area contributed by atoms with Crippen molar-refractivity contribution in [3.8, 4) is 0 Å². The number of nitrogens with zero attached hydrogens (tertiary/aromatic N) is 2. The number of hydrogen-bond acceptors (Lipinski definition) is 4. The highest BCUT2D eigenvalue weighted by Crippen LogP contribution is 2.29. The Hall–Kier alpha value is -2.18. The lowest BCUT2D eigenvalue weighted by Gasteiger charge is -2.33. The maximum atomic E-state index is 14.0. The Morgan fingerprint density at radius 1 is 1.33 bits per heavy atom. The van der Waals surface area contributed by atoms with E-state index in [4.69, 9.17) is 4.74 Å². The van der Waals surface area contributed by atoms with Gasteiger partial charge >= 0.3 is 6.09 Å². The number of carbonyl (C=O) groups excluding carboxylic acids is 2. The highest BCUT2D eigenvalue weighted by atomic mass is 19.1. The van der Waals surface area contributed by atoms with Gasteiger partial charge in [-0.15, -0.1) is 0 Å². The van der Waals surface area contributed by atoms with Gasteiger partial charge in [-0.3, -0.25) is 4.79 Å². The predicted octanol–water partition coefficient (Wildman–Crippen LogP) is 2.69. The number of aromatic nitrogens is 1. The number of pyridine rings is 1. The molecule has 0 radical (unpaired) electrons. The molecule has 0 unspecified atom stereocenters. The van der Waals surface area contributed by atoms with E-state index in [1.165, 1.54) is 13.1 Å². The number of halogens is 1. The molecule has 0 saturated carbocycles. The van der Waals surface area contributed by atoms with Crippen LogP contribution in [0.25, 0.3) is 0 Å². The van der Waals surface area contributed by atoms with E-state index < -0.39 is 17.3 Å². The molecular formula is C17H24FN3O3. The van der Waals surface area contributed by atoms with Crippen molar-refractivity contribution >= 4 is 12.0 Å². The quantitative estimate of drug-likeness (QED) is 0.901. The molecule has 0 aliphatic carbocycles. The van der Waals surface area contributed by atoms with Gasteiger partial charge in [0.25, 0.3) is 5.91 Å². The molecule has 24 heavy (non-hydrogen) atoms. The molecule has 0 aromatic carbocycles. The second kappa shape index (κ2) is 7.15. The summed E-state index contributed by atoms with van der Waals surface area (Å²) in [5, 5.41) is 2.36. The third-order valence-electron chi connectivity index (χ3n) is 3.92. The van der Waals surface area contributed by atoms with Crippen LogP contribution in [-0.4, -0.2) is 47.6 Å². The summed E-state index contributed by atoms with van der Waals surface area (Å²) in [5.41, 5.74) is 0.0351. The molecule has 2 amide bonds. The van der Waals surface area contributed by atoms with Gasteiger partial charge in [0.1, 0.15) is 5.60 Å². The van der Waals surface area contributed by atoms with Gasteiger partial charge in [0.05, 0.1) is 0 Å². The molecule has 7 heteroatoms. The summed E-state index contributed by atoms with van der Waals surface area (Å²) in [4.78, 5) is 29.1. The Bertz CT molecular complexity index is 620. The molecule has 0 bridgehead atoms. The zero-order valence-electron chi connectivity index (χ0n) is 14.6. The Labute approximate surface area is 141 Å². The lowest BCUT2D eigenvalue weighted by atomic mass is 9.90. The molecule has 1 aromatic heterocycles. The first-order valence-electron chi connectivity index (χ1n) is 8.06. The van der Waals surface area contributed by atoms with E-state index in [0.29, 0.717) is 25.9 Å². The molecule has 6 nitrogen and oxygen atoms in total. The first kappa shape index (κ1) is 18.2. The summed E-state index contributed by atoms with van der Waals surface area (Å²) >= 11 is 0. The molecular weight excluding hydrogens is 313 g/mol. The van der Waals surface area contributed by atoms with Crippen LogP contribution in [0.1, 0.15) is 55.6 Å². The fraction of sp³-hybridized carbons (Fsp3) is 0.588. The van der Waals surface area contributed by atoms with E-state index in [9.17, 15) is 14.0 Å². The summed E-state index contributed by atoms with van der Waals surface area (Å²) in [6, 6.07) is 1.37. The van der Waals surface area contributed by atoms with E-state index in [1.807, 2.05) is 20.8 Å². The molecule has 0 atom stereocenters. The summed E-state index contributed by atoms with van der Waals surface area (Å²) < 4.78 is 19.4. The van der Waals surface area contributed by atoms with Gasteiger partial charge in [-0.25, -0.2) is 14.2 Å². The van der Waals surface area contributed by atoms with Crippen LogP contribution in [0.2, 0.25) is 0 Å². The van der Waals surface area contributed by atoms with Crippen molar-refractivity contribution in [2.24, 2.45) is 0 Å². The zero-order valence-corrected chi connectivity index (χ0v) is 14.6. The topological polar surface area (TPSA) is 71.5 Å². The van der Waals surface area contributed by atoms with Gasteiger partial charge < -0.3 is 15.0 Å². The number of amides is 2. The van der Waals surface area contributed by atoms with Gasteiger partial charge in [0.15, 0.2) is 11.5 Å². The number of piperidine rings is 1. The van der Waals surface area contributed by atoms with Crippen molar-refractivity contribution < 1.29 is 18.7 Å². The summed E-state index contributed by atoms with van der Waals surface area (Å²) in [6.45, 7) is 6.61. The lowest BCUT2D eigenvalue weighted by Crippen LogP contribution is -2.41. The smallest absolute Gasteiger partial charge is 0.410 e. The Balaban J connectivity index is 1.98. The van der Waals surface area contributed by atoms with Crippen LogP contribution in [0, 0.1) is 5.82 Å². The highest BCUT2D eigenvalue weighted by Gasteiger charge is 2.28. The second-order valence-corrected chi connectivity index (χ2v) is 6.92. The molecule has 2 heterocycles. The minimum Gasteiger partial charge on any atom is -0.444 e. The molecule has 1 aliphatic heterocycles. The summed E-state index contributed by atoms with van der Waals surface area (Å²) in [7, 11) is 1.43. The van der Waals surface area contributed by atoms with Gasteiger partial charge in [-0.2, -0.15) is 0 Å². The van der Waals surface area contributed by atoms with Crippen LogP contribution in [0.5, 0.6) is 0 Å². The van der Waals surface area contributed by atoms with Crippen molar-refractivity contribution in [3.63, 3.8) is 0 Å². The highest BCUT2D eigenvalue weighted by molar-refractivity contribution is 5.92. The van der Waals surface area contributed by atoms with Crippen molar-refractivity contribution in [3.05, 3.63) is 29.3 Å². The largest absolute Gasteiger partial charge is 0.444 e. The van der Waals surface area contributed by atoms with Gasteiger partial charge in [-0.05, 0) is 51.2 Å². The maximum absolute atomic E-state index is 14.0. The van der Waals surface area contributed by atoms with Crippen LogP contribution in [0.3, 0.4) is 0 Å². The van der Waals surface area contributed by atoms with E-state index in [2.05, 4.69) is 10.3 Å². The van der Waals surface area contributed by atoms with Gasteiger partial charge in [-0.1, -0.05) is 0 Å². The van der Waals surface area contributed by atoms with E-state index >= 15 is 0 Å². The Morgan fingerprint density at radius 2 is 1.96 bits per heavy atom. The summed E-state index contributed by atoms with van der Waals surface area (Å²) in [5.74, 6) is -1.05. The molecule has 0 spiro atoms. The maximum Gasteiger partial charge on any atom is 0.410 e. The minimum atomic E-state index is -0.624. The predicted molar refractivity (Wildman–Crippen MR) is 87.4 cm³/mol. The van der Waals surface area contributed by atoms with Crippen molar-refractivity contribution in [2.45, 2.75) is 45.1 Å². The van der Waals surface area contributed by atoms with Crippen molar-refractivity contribution in [1.29, 1.82) is 0 Å². The van der Waals surface area contributed by atoms with Crippen LogP contribution < -0.4 is 5.32 Å². The standard InChI is InChI=1S/C17H24FN3O3/c1-17(2,3)24-16(23)21-7-5-11(6-8-21)12-9-13(18)14(20-10-12)15(22)19-4/h9-11H,5-8H2,1-4H3,(H,19,22). The number of hydrogen-bond donors (Lipinski definition) is 1. The van der Waals surface area contributed by atoms with Gasteiger partial charge in [0, 0.05) is 26.3 Å². The van der Waals surface area contributed by atoms with Crippen LogP contribution >= 0.6 is 0 Å². The van der Waals surface area contributed by atoms with Crippen LogP contribution in [0.15, 0.2) is 12.3 Å². The van der Waals surface area contributed by atoms with Crippen molar-refractivity contribution in [2.75, 3.05) is 20.1 Å². The fourth-order valence-electron chi connectivity index (χ4n) is 2.68. The molecule has 1 fully saturated rings. The SMILES string of the molecule is CNC(=O)c1ncc(C2CCN(C(=O)OC(C)(C)C)CC2)cc1F. The number of rotatable bonds is 2. The van der Waals surface area contributed by atoms with E-state index in [-0.39, 0.29) is 17.7 Å². The number of ether oxygens (including phenoxy) is 1. The van der Waals surface area contributed by atoms with E-state index in [0.717, 1.165) is 5.56 Å². The molecule has 1 N–H and O–H groups in total. The van der Waals surface area contributed by atoms with Gasteiger partial charge in [0.2, 0.25) is 0 Å². The monoisotopic (exact) mass is 337 g/mol. The summed E-state index contributed by atoms with van der Waals surface area (Å²) in [6.07, 6.45) is 2.64. The van der Waals surface area contributed by atoms with E-state index in [1.54, 1.807) is 11.1 Å². The average Bonchev–Trinajstić information content (AvgIpc) is 2.52. The Morgan fingerprint density at radius 3 is 2.46 bits per heavy atom. The average molecular weight is 337 g/mol. The molecule has 1 saturated heterocycles. The molecule has 1 aromatic rings. The first-order valence-corrected chi connectivity index (χ1v) is 8.06. The third-order valence-corrected chi connectivity index (χ3v) is 3.92. The Kier molecular flexibility index (Phi) is 5.41. The first-order chi connectivity index (χ1) is 11.2. The van der Waals surface area contributed by atoms with Crippen molar-refractivity contribution in [1.82, 2.24) is 15.2 Å².